The summed E-state index contributed by atoms with van der Waals surface area (Å²) in [7, 11) is 0. The van der Waals surface area contributed by atoms with Gasteiger partial charge in [0.15, 0.2) is 0 Å². The molecule has 1 aliphatic rings. The molecule has 0 bridgehead atoms. The highest BCUT2D eigenvalue weighted by Crippen LogP contribution is 2.30. The molecule has 0 spiro atoms. The maximum Gasteiger partial charge on any atom is 0.223 e. The lowest BCUT2D eigenvalue weighted by Crippen LogP contribution is -2.22. The predicted octanol–water partition coefficient (Wildman–Crippen LogP) is -0.185. The summed E-state index contributed by atoms with van der Waals surface area (Å²) in [5, 5.41) is 21.9. The molecule has 3 rings (SSSR count). The fourth-order valence-electron chi connectivity index (χ4n) is 2.04. The monoisotopic (exact) mass is 252 g/mol. The van der Waals surface area contributed by atoms with Crippen molar-refractivity contribution in [1.82, 2.24) is 9.97 Å². The van der Waals surface area contributed by atoms with E-state index in [1.54, 1.807) is 0 Å². The van der Waals surface area contributed by atoms with E-state index in [1.807, 2.05) is 16.3 Å². The molecule has 6 nitrogen and oxygen atoms in total. The fraction of sp³-hybridized carbons (Fsp3) is 0.400. The van der Waals surface area contributed by atoms with Gasteiger partial charge in [0, 0.05) is 13.1 Å². The van der Waals surface area contributed by atoms with Crippen LogP contribution in [0.25, 0.3) is 10.2 Å². The van der Waals surface area contributed by atoms with Crippen LogP contribution in [0, 0.1) is 0 Å². The Morgan fingerprint density at radius 3 is 2.71 bits per heavy atom. The van der Waals surface area contributed by atoms with Crippen molar-refractivity contribution in [3.05, 3.63) is 11.4 Å². The summed E-state index contributed by atoms with van der Waals surface area (Å²) in [6, 6.07) is 1.92. The van der Waals surface area contributed by atoms with Crippen LogP contribution in [-0.2, 0) is 0 Å². The largest absolute Gasteiger partial charge is 0.389 e. The highest BCUT2D eigenvalue weighted by molar-refractivity contribution is 7.16. The van der Waals surface area contributed by atoms with Crippen molar-refractivity contribution >= 4 is 33.3 Å². The van der Waals surface area contributed by atoms with Gasteiger partial charge in [-0.2, -0.15) is 4.98 Å². The Labute approximate surface area is 101 Å². The molecular formula is C10H12N4O2S. The second-order valence-corrected chi connectivity index (χ2v) is 4.98. The Bertz CT molecular complexity index is 548. The second kappa shape index (κ2) is 3.80. The van der Waals surface area contributed by atoms with Gasteiger partial charge in [-0.05, 0) is 11.4 Å². The van der Waals surface area contributed by atoms with Gasteiger partial charge in [0.2, 0.25) is 5.95 Å². The van der Waals surface area contributed by atoms with Gasteiger partial charge in [-0.3, -0.25) is 0 Å². The van der Waals surface area contributed by atoms with Gasteiger partial charge < -0.3 is 20.8 Å². The van der Waals surface area contributed by atoms with Crippen LogP contribution in [0.15, 0.2) is 11.4 Å². The summed E-state index contributed by atoms with van der Waals surface area (Å²) in [5.74, 6) is 0.898. The van der Waals surface area contributed by atoms with Gasteiger partial charge in [0.1, 0.15) is 10.6 Å². The first-order valence-electron chi connectivity index (χ1n) is 5.27. The molecular weight excluding hydrogens is 240 g/mol. The minimum atomic E-state index is -0.736. The second-order valence-electron chi connectivity index (χ2n) is 4.08. The number of nitrogens with two attached hydrogens (primary N) is 1. The van der Waals surface area contributed by atoms with E-state index in [4.69, 9.17) is 5.73 Å². The molecule has 7 heteroatoms. The topological polar surface area (TPSA) is 95.5 Å². The summed E-state index contributed by atoms with van der Waals surface area (Å²) in [6.07, 6.45) is -1.47. The van der Waals surface area contributed by atoms with E-state index in [0.717, 1.165) is 10.2 Å². The van der Waals surface area contributed by atoms with E-state index >= 15 is 0 Å². The molecule has 90 valence electrons. The van der Waals surface area contributed by atoms with E-state index in [1.165, 1.54) is 11.3 Å². The predicted molar refractivity (Wildman–Crippen MR) is 66.1 cm³/mol. The van der Waals surface area contributed by atoms with Crippen molar-refractivity contribution in [3.8, 4) is 0 Å². The Morgan fingerprint density at radius 2 is 2.00 bits per heavy atom. The molecule has 4 N–H and O–H groups in total. The van der Waals surface area contributed by atoms with Crippen molar-refractivity contribution < 1.29 is 10.2 Å². The summed E-state index contributed by atoms with van der Waals surface area (Å²) in [4.78, 5) is 11.0. The van der Waals surface area contributed by atoms with Crippen LogP contribution in [0.3, 0.4) is 0 Å². The average molecular weight is 252 g/mol. The lowest BCUT2D eigenvalue weighted by atomic mass is 10.3. The quantitative estimate of drug-likeness (QED) is 0.651. The van der Waals surface area contributed by atoms with Crippen LogP contribution in [0.1, 0.15) is 0 Å². The average Bonchev–Trinajstić information content (AvgIpc) is 2.85. The maximum absolute atomic E-state index is 9.56. The third kappa shape index (κ3) is 1.72. The molecule has 2 unspecified atom stereocenters. The minimum absolute atomic E-state index is 0.214. The number of anilines is 2. The molecule has 1 fully saturated rings. The first kappa shape index (κ1) is 10.7. The molecule has 1 saturated heterocycles. The number of hydrogen-bond acceptors (Lipinski definition) is 7. The van der Waals surface area contributed by atoms with E-state index in [-0.39, 0.29) is 5.95 Å². The zero-order valence-corrected chi connectivity index (χ0v) is 9.76. The van der Waals surface area contributed by atoms with E-state index < -0.39 is 12.2 Å². The van der Waals surface area contributed by atoms with Crippen molar-refractivity contribution in [3.63, 3.8) is 0 Å². The standard InChI is InChI=1S/C10H12N4O2S/c11-10-12-8(5-1-2-17-9(5)13-10)14-3-6(15)7(16)4-14/h1-2,6-7,15-16H,3-4H2,(H2,11,12,13). The summed E-state index contributed by atoms with van der Waals surface area (Å²) in [5.41, 5.74) is 5.65. The van der Waals surface area contributed by atoms with Crippen molar-refractivity contribution in [2.45, 2.75) is 12.2 Å². The number of β-amino-alcohol motifs (C(OH)–C–C–N with tert-alkyl or cyclic N) is 2. The normalized spacial score (nSPS) is 24.7. The zero-order valence-electron chi connectivity index (χ0n) is 8.95. The Balaban J connectivity index is 2.08. The molecule has 2 aromatic heterocycles. The first-order valence-corrected chi connectivity index (χ1v) is 6.15. The van der Waals surface area contributed by atoms with E-state index in [2.05, 4.69) is 9.97 Å². The number of nitrogen functional groups attached to an aromatic ring is 1. The van der Waals surface area contributed by atoms with Crippen molar-refractivity contribution in [1.29, 1.82) is 0 Å². The Kier molecular flexibility index (Phi) is 2.39. The number of hydrogen-bond donors (Lipinski definition) is 3. The number of aromatic nitrogens is 2. The van der Waals surface area contributed by atoms with Gasteiger partial charge in [0.05, 0.1) is 17.6 Å². The molecule has 0 saturated carbocycles. The highest BCUT2D eigenvalue weighted by Gasteiger charge is 2.31. The first-order chi connectivity index (χ1) is 8.15. The molecule has 2 aromatic rings. The summed E-state index contributed by atoms with van der Waals surface area (Å²) >= 11 is 1.49. The van der Waals surface area contributed by atoms with E-state index in [9.17, 15) is 10.2 Å². The molecule has 3 heterocycles. The number of thiophene rings is 1. The van der Waals surface area contributed by atoms with Crippen molar-refractivity contribution in [2.75, 3.05) is 23.7 Å². The molecule has 1 aliphatic heterocycles. The highest BCUT2D eigenvalue weighted by atomic mass is 32.1. The molecule has 17 heavy (non-hydrogen) atoms. The van der Waals surface area contributed by atoms with Crippen molar-refractivity contribution in [2.24, 2.45) is 0 Å². The lowest BCUT2D eigenvalue weighted by molar-refractivity contribution is 0.0572. The number of aliphatic hydroxyl groups is 2. The van der Waals surface area contributed by atoms with Gasteiger partial charge in [-0.1, -0.05) is 0 Å². The molecule has 0 aliphatic carbocycles. The molecule has 0 aromatic carbocycles. The van der Waals surface area contributed by atoms with Gasteiger partial charge in [0.25, 0.3) is 0 Å². The fourth-order valence-corrected chi connectivity index (χ4v) is 2.80. The third-order valence-electron chi connectivity index (χ3n) is 2.88. The van der Waals surface area contributed by atoms with Crippen LogP contribution >= 0.6 is 11.3 Å². The van der Waals surface area contributed by atoms with Crippen LogP contribution in [-0.4, -0.2) is 45.5 Å². The Morgan fingerprint density at radius 1 is 1.29 bits per heavy atom. The van der Waals surface area contributed by atoms with E-state index in [0.29, 0.717) is 18.9 Å². The van der Waals surface area contributed by atoms with Gasteiger partial charge in [-0.15, -0.1) is 11.3 Å². The van der Waals surface area contributed by atoms with Crippen LogP contribution in [0.2, 0.25) is 0 Å². The molecule has 0 amide bonds. The number of aliphatic hydroxyl groups excluding tert-OH is 2. The Hall–Kier alpha value is -1.44. The number of nitrogens with zero attached hydrogens (tertiary/aromatic N) is 3. The number of fused-ring (bicyclic) bond motifs is 1. The van der Waals surface area contributed by atoms with Crippen LogP contribution < -0.4 is 10.6 Å². The van der Waals surface area contributed by atoms with Gasteiger partial charge >= 0.3 is 0 Å². The summed E-state index contributed by atoms with van der Waals surface area (Å²) < 4.78 is 0. The maximum atomic E-state index is 9.56. The summed E-state index contributed by atoms with van der Waals surface area (Å²) in [6.45, 7) is 0.727. The number of rotatable bonds is 1. The smallest absolute Gasteiger partial charge is 0.223 e. The lowest BCUT2D eigenvalue weighted by Gasteiger charge is -2.17. The van der Waals surface area contributed by atoms with Gasteiger partial charge in [-0.25, -0.2) is 4.98 Å². The zero-order chi connectivity index (χ0) is 12.0. The third-order valence-corrected chi connectivity index (χ3v) is 3.69. The van der Waals surface area contributed by atoms with Crippen LogP contribution in [0.4, 0.5) is 11.8 Å². The SMILES string of the molecule is Nc1nc(N2CC(O)C(O)C2)c2ccsc2n1. The molecule has 2 atom stereocenters. The molecule has 0 radical (unpaired) electrons. The minimum Gasteiger partial charge on any atom is -0.389 e. The van der Waals surface area contributed by atoms with Crippen LogP contribution in [0.5, 0.6) is 0 Å².